The minimum absolute atomic E-state index is 0.146. The molecule has 0 aromatic heterocycles. The summed E-state index contributed by atoms with van der Waals surface area (Å²) < 4.78 is 1.08. The zero-order chi connectivity index (χ0) is 10.8. The Bertz CT molecular complexity index is 401. The molecule has 1 aliphatic rings. The first-order valence-corrected chi connectivity index (χ1v) is 6.06. The maximum atomic E-state index is 11.7. The van der Waals surface area contributed by atoms with E-state index in [1.54, 1.807) is 0 Å². The van der Waals surface area contributed by atoms with Crippen molar-refractivity contribution in [1.82, 2.24) is 0 Å². The molecule has 0 aliphatic heterocycles. The van der Waals surface area contributed by atoms with E-state index in [0.29, 0.717) is 13.0 Å². The van der Waals surface area contributed by atoms with E-state index in [2.05, 4.69) is 15.9 Å². The van der Waals surface area contributed by atoms with E-state index in [1.165, 1.54) is 17.5 Å². The van der Waals surface area contributed by atoms with Crippen LogP contribution in [0.15, 0.2) is 16.6 Å². The van der Waals surface area contributed by atoms with Crippen LogP contribution in [0.25, 0.3) is 0 Å². The molecule has 0 atom stereocenters. The third-order valence-corrected chi connectivity index (χ3v) is 3.56. The Labute approximate surface area is 98.0 Å². The number of ketones is 1. The van der Waals surface area contributed by atoms with Crippen molar-refractivity contribution < 1.29 is 4.79 Å². The number of halogens is 1. The normalized spacial score (nSPS) is 14.0. The first-order valence-electron chi connectivity index (χ1n) is 5.27. The van der Waals surface area contributed by atoms with Crippen LogP contribution < -0.4 is 5.73 Å². The summed E-state index contributed by atoms with van der Waals surface area (Å²) in [6.07, 6.45) is 3.85. The van der Waals surface area contributed by atoms with Gasteiger partial charge in [-0.1, -0.05) is 15.9 Å². The van der Waals surface area contributed by atoms with Gasteiger partial charge in [0.1, 0.15) is 0 Å². The van der Waals surface area contributed by atoms with Crippen molar-refractivity contribution in [3.8, 4) is 0 Å². The monoisotopic (exact) mass is 267 g/mol. The average Bonchev–Trinajstić information content (AvgIpc) is 2.66. The van der Waals surface area contributed by atoms with Crippen molar-refractivity contribution in [2.75, 3.05) is 6.54 Å². The summed E-state index contributed by atoms with van der Waals surface area (Å²) in [4.78, 5) is 11.7. The Balaban J connectivity index is 2.35. The molecule has 3 heteroatoms. The highest BCUT2D eigenvalue weighted by Crippen LogP contribution is 2.30. The lowest BCUT2D eigenvalue weighted by Gasteiger charge is -2.06. The van der Waals surface area contributed by atoms with E-state index in [-0.39, 0.29) is 5.78 Å². The Morgan fingerprint density at radius 2 is 2.20 bits per heavy atom. The molecule has 0 saturated carbocycles. The molecule has 1 aromatic rings. The quantitative estimate of drug-likeness (QED) is 0.856. The number of hydrogen-bond donors (Lipinski definition) is 1. The number of fused-ring (bicyclic) bond motifs is 1. The molecule has 0 radical (unpaired) electrons. The summed E-state index contributed by atoms with van der Waals surface area (Å²) in [5.41, 5.74) is 8.88. The van der Waals surface area contributed by atoms with Gasteiger partial charge in [0, 0.05) is 16.5 Å². The molecule has 2 nitrogen and oxygen atoms in total. The van der Waals surface area contributed by atoms with Crippen molar-refractivity contribution in [3.63, 3.8) is 0 Å². The fraction of sp³-hybridized carbons (Fsp3) is 0.417. The summed E-state index contributed by atoms with van der Waals surface area (Å²) in [7, 11) is 0. The lowest BCUT2D eigenvalue weighted by molar-refractivity contribution is 0.0985. The molecule has 1 aromatic carbocycles. The lowest BCUT2D eigenvalue weighted by Crippen LogP contribution is -2.08. The van der Waals surface area contributed by atoms with Gasteiger partial charge in [0.05, 0.1) is 0 Å². The van der Waals surface area contributed by atoms with Crippen LogP contribution in [0.1, 0.15) is 34.3 Å². The van der Waals surface area contributed by atoms with Crippen molar-refractivity contribution in [2.45, 2.75) is 25.7 Å². The second-order valence-electron chi connectivity index (χ2n) is 3.91. The lowest BCUT2D eigenvalue weighted by atomic mass is 10.0. The van der Waals surface area contributed by atoms with Crippen LogP contribution in [-0.2, 0) is 12.8 Å². The maximum absolute atomic E-state index is 11.7. The molecule has 0 spiro atoms. The first kappa shape index (κ1) is 10.8. The van der Waals surface area contributed by atoms with Crippen LogP contribution >= 0.6 is 15.9 Å². The SMILES string of the molecule is NCCC(=O)c1cc(Br)c2c(c1)CCC2. The third-order valence-electron chi connectivity index (χ3n) is 2.85. The van der Waals surface area contributed by atoms with E-state index in [9.17, 15) is 4.79 Å². The van der Waals surface area contributed by atoms with Gasteiger partial charge in [0.25, 0.3) is 0 Å². The Kier molecular flexibility index (Phi) is 3.22. The highest BCUT2D eigenvalue weighted by atomic mass is 79.9. The van der Waals surface area contributed by atoms with Gasteiger partial charge < -0.3 is 5.73 Å². The Morgan fingerprint density at radius 3 is 2.93 bits per heavy atom. The number of carbonyl (C=O) groups excluding carboxylic acids is 1. The molecule has 80 valence electrons. The highest BCUT2D eigenvalue weighted by molar-refractivity contribution is 9.10. The van der Waals surface area contributed by atoms with E-state index in [1.807, 2.05) is 12.1 Å². The fourth-order valence-electron chi connectivity index (χ4n) is 2.09. The molecule has 0 amide bonds. The van der Waals surface area contributed by atoms with Gasteiger partial charge >= 0.3 is 0 Å². The van der Waals surface area contributed by atoms with Crippen LogP contribution in [-0.4, -0.2) is 12.3 Å². The molecular weight excluding hydrogens is 254 g/mol. The van der Waals surface area contributed by atoms with Crippen molar-refractivity contribution >= 4 is 21.7 Å². The van der Waals surface area contributed by atoms with E-state index in [4.69, 9.17) is 5.73 Å². The zero-order valence-corrected chi connectivity index (χ0v) is 10.1. The van der Waals surface area contributed by atoms with Gasteiger partial charge in [-0.2, -0.15) is 0 Å². The Morgan fingerprint density at radius 1 is 1.40 bits per heavy atom. The molecule has 0 bridgehead atoms. The number of rotatable bonds is 3. The summed E-state index contributed by atoms with van der Waals surface area (Å²) >= 11 is 3.53. The third kappa shape index (κ3) is 2.13. The summed E-state index contributed by atoms with van der Waals surface area (Å²) in [5.74, 6) is 0.146. The minimum Gasteiger partial charge on any atom is -0.330 e. The van der Waals surface area contributed by atoms with Crippen molar-refractivity contribution in [1.29, 1.82) is 0 Å². The maximum Gasteiger partial charge on any atom is 0.164 e. The molecule has 0 unspecified atom stereocenters. The topological polar surface area (TPSA) is 43.1 Å². The van der Waals surface area contributed by atoms with Gasteiger partial charge in [-0.15, -0.1) is 0 Å². The molecule has 1 aliphatic carbocycles. The number of Topliss-reactive ketones (excluding diaryl/α,β-unsaturated/α-hetero) is 1. The van der Waals surface area contributed by atoms with Crippen molar-refractivity contribution in [2.24, 2.45) is 5.73 Å². The largest absolute Gasteiger partial charge is 0.330 e. The predicted octanol–water partition coefficient (Wildman–Crippen LogP) is 2.47. The Hall–Kier alpha value is -0.670. The van der Waals surface area contributed by atoms with E-state index >= 15 is 0 Å². The molecule has 2 N–H and O–H groups in total. The van der Waals surface area contributed by atoms with Crippen molar-refractivity contribution in [3.05, 3.63) is 33.3 Å². The zero-order valence-electron chi connectivity index (χ0n) is 8.55. The number of carbonyl (C=O) groups is 1. The second kappa shape index (κ2) is 4.45. The van der Waals surface area contributed by atoms with Crippen LogP contribution in [0.5, 0.6) is 0 Å². The molecule has 2 rings (SSSR count). The second-order valence-corrected chi connectivity index (χ2v) is 4.77. The number of benzene rings is 1. The van der Waals surface area contributed by atoms with Gasteiger partial charge in [0.2, 0.25) is 0 Å². The van der Waals surface area contributed by atoms with Gasteiger partial charge in [-0.3, -0.25) is 4.79 Å². The number of hydrogen-bond acceptors (Lipinski definition) is 2. The number of nitrogens with two attached hydrogens (primary N) is 1. The van der Waals surface area contributed by atoms with Crippen LogP contribution in [0.2, 0.25) is 0 Å². The summed E-state index contributed by atoms with van der Waals surface area (Å²) in [6.45, 7) is 0.424. The molecule has 15 heavy (non-hydrogen) atoms. The molecule has 0 saturated heterocycles. The van der Waals surface area contributed by atoms with Gasteiger partial charge in [-0.25, -0.2) is 0 Å². The summed E-state index contributed by atoms with van der Waals surface area (Å²) in [6, 6.07) is 3.97. The smallest absolute Gasteiger partial charge is 0.164 e. The average molecular weight is 268 g/mol. The molecule has 0 fully saturated rings. The highest BCUT2D eigenvalue weighted by Gasteiger charge is 2.17. The fourth-order valence-corrected chi connectivity index (χ4v) is 2.79. The molecule has 0 heterocycles. The minimum atomic E-state index is 0.146. The summed E-state index contributed by atoms with van der Waals surface area (Å²) in [5, 5.41) is 0. The van der Waals surface area contributed by atoms with Gasteiger partial charge in [-0.05, 0) is 49.1 Å². The first-order chi connectivity index (χ1) is 7.22. The number of aryl methyl sites for hydroxylation is 1. The van der Waals surface area contributed by atoms with E-state index < -0.39 is 0 Å². The van der Waals surface area contributed by atoms with Crippen LogP contribution in [0.4, 0.5) is 0 Å². The van der Waals surface area contributed by atoms with Crippen LogP contribution in [0, 0.1) is 0 Å². The standard InChI is InChI=1S/C12H14BrNO/c13-11-7-9(12(15)4-5-14)6-8-2-1-3-10(8)11/h6-7H,1-5,14H2. The molecular formula is C12H14BrNO. The van der Waals surface area contributed by atoms with Crippen LogP contribution in [0.3, 0.4) is 0 Å². The predicted molar refractivity (Wildman–Crippen MR) is 64.2 cm³/mol. The van der Waals surface area contributed by atoms with E-state index in [0.717, 1.165) is 22.9 Å². The van der Waals surface area contributed by atoms with Gasteiger partial charge in [0.15, 0.2) is 5.78 Å².